The Labute approximate surface area is 154 Å². The van der Waals surface area contributed by atoms with Gasteiger partial charge in [0.15, 0.2) is 0 Å². The molecular formula is C24H23NO. The third-order valence-corrected chi connectivity index (χ3v) is 5.25. The molecule has 2 heteroatoms. The van der Waals surface area contributed by atoms with E-state index in [1.807, 2.05) is 54.6 Å². The van der Waals surface area contributed by atoms with Crippen molar-refractivity contribution in [3.63, 3.8) is 0 Å². The molecule has 0 heterocycles. The van der Waals surface area contributed by atoms with Crippen LogP contribution in [0.1, 0.15) is 41.9 Å². The van der Waals surface area contributed by atoms with Crippen LogP contribution in [0.25, 0.3) is 0 Å². The smallest absolute Gasteiger partial charge is 0.221 e. The van der Waals surface area contributed by atoms with Crippen molar-refractivity contribution in [2.75, 3.05) is 0 Å². The van der Waals surface area contributed by atoms with Gasteiger partial charge in [-0.25, -0.2) is 0 Å². The Bertz CT molecular complexity index is 815. The molecule has 26 heavy (non-hydrogen) atoms. The molecule has 1 aliphatic carbocycles. The molecule has 4 rings (SSSR count). The quantitative estimate of drug-likeness (QED) is 0.670. The predicted molar refractivity (Wildman–Crippen MR) is 105 cm³/mol. The molecule has 0 radical (unpaired) electrons. The zero-order chi connectivity index (χ0) is 17.8. The summed E-state index contributed by atoms with van der Waals surface area (Å²) in [7, 11) is 0. The minimum atomic E-state index is -0.156. The number of hydrogen-bond donors (Lipinski definition) is 1. The van der Waals surface area contributed by atoms with Gasteiger partial charge in [-0.3, -0.25) is 4.79 Å². The molecule has 1 saturated carbocycles. The number of amides is 1. The summed E-state index contributed by atoms with van der Waals surface area (Å²) < 4.78 is 0. The fourth-order valence-corrected chi connectivity index (χ4v) is 3.67. The zero-order valence-electron chi connectivity index (χ0n) is 14.8. The SMILES string of the molecule is O=C(CC(c1ccccc1)c1ccccc1)NC1(c2ccccc2)CC1. The second-order valence-electron chi connectivity index (χ2n) is 7.07. The van der Waals surface area contributed by atoms with E-state index in [1.54, 1.807) is 0 Å². The molecule has 1 amide bonds. The molecule has 0 aliphatic heterocycles. The van der Waals surface area contributed by atoms with Crippen LogP contribution in [-0.4, -0.2) is 5.91 Å². The highest BCUT2D eigenvalue weighted by atomic mass is 16.1. The van der Waals surface area contributed by atoms with Crippen LogP contribution in [0, 0.1) is 0 Å². The highest BCUT2D eigenvalue weighted by Crippen LogP contribution is 2.45. The normalized spacial score (nSPS) is 14.8. The topological polar surface area (TPSA) is 29.1 Å². The van der Waals surface area contributed by atoms with Crippen LogP contribution in [0.15, 0.2) is 91.0 Å². The largest absolute Gasteiger partial charge is 0.347 e. The van der Waals surface area contributed by atoms with E-state index in [-0.39, 0.29) is 17.4 Å². The van der Waals surface area contributed by atoms with Gasteiger partial charge in [0.2, 0.25) is 5.91 Å². The number of nitrogens with one attached hydrogen (secondary N) is 1. The third kappa shape index (κ3) is 3.55. The first-order valence-electron chi connectivity index (χ1n) is 9.23. The van der Waals surface area contributed by atoms with Crippen molar-refractivity contribution in [2.45, 2.75) is 30.7 Å². The lowest BCUT2D eigenvalue weighted by Gasteiger charge is -2.22. The van der Waals surface area contributed by atoms with Crippen molar-refractivity contribution >= 4 is 5.91 Å². The van der Waals surface area contributed by atoms with Gasteiger partial charge in [-0.05, 0) is 29.5 Å². The van der Waals surface area contributed by atoms with Crippen LogP contribution in [0.2, 0.25) is 0 Å². The Morgan fingerprint density at radius 2 is 1.23 bits per heavy atom. The molecule has 1 N–H and O–H groups in total. The van der Waals surface area contributed by atoms with Gasteiger partial charge in [-0.2, -0.15) is 0 Å². The number of carbonyl (C=O) groups is 1. The maximum absolute atomic E-state index is 12.9. The lowest BCUT2D eigenvalue weighted by atomic mass is 9.88. The lowest BCUT2D eigenvalue weighted by molar-refractivity contribution is -0.122. The summed E-state index contributed by atoms with van der Waals surface area (Å²) in [4.78, 5) is 12.9. The first-order chi connectivity index (χ1) is 12.8. The van der Waals surface area contributed by atoms with Crippen molar-refractivity contribution in [3.8, 4) is 0 Å². The first kappa shape index (κ1) is 16.6. The summed E-state index contributed by atoms with van der Waals surface area (Å²) >= 11 is 0. The Morgan fingerprint density at radius 1 is 0.769 bits per heavy atom. The summed E-state index contributed by atoms with van der Waals surface area (Å²) in [5.41, 5.74) is 3.41. The summed E-state index contributed by atoms with van der Waals surface area (Å²) in [6.45, 7) is 0. The van der Waals surface area contributed by atoms with Gasteiger partial charge in [-0.1, -0.05) is 91.0 Å². The molecule has 2 nitrogen and oxygen atoms in total. The molecule has 0 saturated heterocycles. The molecule has 130 valence electrons. The van der Waals surface area contributed by atoms with Crippen LogP contribution in [0.4, 0.5) is 0 Å². The van der Waals surface area contributed by atoms with Crippen LogP contribution in [-0.2, 0) is 10.3 Å². The molecule has 3 aromatic carbocycles. The van der Waals surface area contributed by atoms with Crippen LogP contribution < -0.4 is 5.32 Å². The molecular weight excluding hydrogens is 318 g/mol. The second-order valence-corrected chi connectivity index (χ2v) is 7.07. The molecule has 0 spiro atoms. The van der Waals surface area contributed by atoms with Crippen molar-refractivity contribution in [2.24, 2.45) is 0 Å². The van der Waals surface area contributed by atoms with E-state index in [0.29, 0.717) is 6.42 Å². The van der Waals surface area contributed by atoms with Crippen molar-refractivity contribution in [3.05, 3.63) is 108 Å². The number of carbonyl (C=O) groups excluding carboxylic acids is 1. The van der Waals surface area contributed by atoms with Crippen LogP contribution in [0.3, 0.4) is 0 Å². The highest BCUT2D eigenvalue weighted by molar-refractivity contribution is 5.79. The average molecular weight is 341 g/mol. The molecule has 0 aromatic heterocycles. The maximum atomic E-state index is 12.9. The van der Waals surface area contributed by atoms with Crippen LogP contribution in [0.5, 0.6) is 0 Å². The molecule has 0 bridgehead atoms. The summed E-state index contributed by atoms with van der Waals surface area (Å²) in [5, 5.41) is 3.31. The van der Waals surface area contributed by atoms with E-state index in [2.05, 4.69) is 41.7 Å². The van der Waals surface area contributed by atoms with Gasteiger partial charge in [0.25, 0.3) is 0 Å². The fourth-order valence-electron chi connectivity index (χ4n) is 3.67. The summed E-state index contributed by atoms with van der Waals surface area (Å²) in [5.74, 6) is 0.188. The molecule has 0 atom stereocenters. The van der Waals surface area contributed by atoms with E-state index in [0.717, 1.165) is 12.8 Å². The Hall–Kier alpha value is -2.87. The van der Waals surface area contributed by atoms with E-state index < -0.39 is 0 Å². The fraction of sp³-hybridized carbons (Fsp3) is 0.208. The Kier molecular flexibility index (Phi) is 4.57. The van der Waals surface area contributed by atoms with Gasteiger partial charge < -0.3 is 5.32 Å². The van der Waals surface area contributed by atoms with Gasteiger partial charge in [0.1, 0.15) is 0 Å². The second kappa shape index (κ2) is 7.17. The molecule has 1 aliphatic rings. The lowest BCUT2D eigenvalue weighted by Crippen LogP contribution is -2.35. The van der Waals surface area contributed by atoms with E-state index in [9.17, 15) is 4.79 Å². The molecule has 0 unspecified atom stereocenters. The van der Waals surface area contributed by atoms with Gasteiger partial charge >= 0.3 is 0 Å². The van der Waals surface area contributed by atoms with Crippen molar-refractivity contribution in [1.29, 1.82) is 0 Å². The third-order valence-electron chi connectivity index (χ3n) is 5.25. The number of rotatable bonds is 6. The minimum Gasteiger partial charge on any atom is -0.347 e. The monoisotopic (exact) mass is 341 g/mol. The standard InChI is InChI=1S/C24H23NO/c26-23(25-24(16-17-24)21-14-8-3-9-15-21)18-22(19-10-4-1-5-11-19)20-12-6-2-7-13-20/h1-15,22H,16-18H2,(H,25,26). The molecule has 1 fully saturated rings. The minimum absolute atomic E-state index is 0.0731. The number of benzene rings is 3. The highest BCUT2D eigenvalue weighted by Gasteiger charge is 2.45. The summed E-state index contributed by atoms with van der Waals surface area (Å²) in [6, 6.07) is 30.9. The van der Waals surface area contributed by atoms with Gasteiger partial charge in [0.05, 0.1) is 5.54 Å². The average Bonchev–Trinajstić information content (AvgIpc) is 3.49. The van der Waals surface area contributed by atoms with E-state index >= 15 is 0 Å². The zero-order valence-corrected chi connectivity index (χ0v) is 14.8. The van der Waals surface area contributed by atoms with E-state index in [1.165, 1.54) is 16.7 Å². The predicted octanol–water partition coefficient (Wildman–Crippen LogP) is 5.01. The van der Waals surface area contributed by atoms with Crippen molar-refractivity contribution < 1.29 is 4.79 Å². The maximum Gasteiger partial charge on any atom is 0.221 e. The van der Waals surface area contributed by atoms with Crippen molar-refractivity contribution in [1.82, 2.24) is 5.32 Å². The Morgan fingerprint density at radius 3 is 1.69 bits per heavy atom. The first-order valence-corrected chi connectivity index (χ1v) is 9.23. The Balaban J connectivity index is 1.54. The summed E-state index contributed by atoms with van der Waals surface area (Å²) in [6.07, 6.45) is 2.50. The number of hydrogen-bond acceptors (Lipinski definition) is 1. The van der Waals surface area contributed by atoms with Crippen LogP contribution >= 0.6 is 0 Å². The van der Waals surface area contributed by atoms with Gasteiger partial charge in [-0.15, -0.1) is 0 Å². The van der Waals surface area contributed by atoms with Gasteiger partial charge in [0, 0.05) is 12.3 Å². The van der Waals surface area contributed by atoms with E-state index in [4.69, 9.17) is 0 Å². The molecule has 3 aromatic rings.